The van der Waals surface area contributed by atoms with Crippen LogP contribution in [0.25, 0.3) is 10.4 Å². The van der Waals surface area contributed by atoms with Gasteiger partial charge in [-0.05, 0) is 12.0 Å². The molecule has 12 heavy (non-hydrogen) atoms. The average Bonchev–Trinajstić information content (AvgIpc) is 2.46. The van der Waals surface area contributed by atoms with Gasteiger partial charge in [-0.2, -0.15) is 0 Å². The van der Waals surface area contributed by atoms with E-state index in [1.54, 1.807) is 16.1 Å². The Morgan fingerprint density at radius 2 is 2.58 bits per heavy atom. The molecule has 0 spiro atoms. The van der Waals surface area contributed by atoms with Crippen LogP contribution in [0.15, 0.2) is 21.5 Å². The predicted octanol–water partition coefficient (Wildman–Crippen LogP) is 1.61. The van der Waals surface area contributed by atoms with Crippen LogP contribution >= 0.6 is 11.3 Å². The molecule has 0 amide bonds. The second-order valence-electron chi connectivity index (χ2n) is 2.17. The minimum atomic E-state index is 0.0379. The van der Waals surface area contributed by atoms with Gasteiger partial charge < -0.3 is 4.57 Å². The highest BCUT2D eigenvalue weighted by Crippen LogP contribution is 1.92. The molecule has 0 atom stereocenters. The Morgan fingerprint density at radius 1 is 1.75 bits per heavy atom. The Hall–Kier alpha value is -1.26. The fraction of sp³-hybridized carbons (Fsp3) is 0.500. The molecule has 0 saturated carbocycles. The third kappa shape index (κ3) is 2.41. The second-order valence-corrected chi connectivity index (χ2v) is 3.03. The van der Waals surface area contributed by atoms with Gasteiger partial charge in [0.25, 0.3) is 0 Å². The molecule has 0 radical (unpaired) electrons. The van der Waals surface area contributed by atoms with Crippen LogP contribution < -0.4 is 4.87 Å². The molecule has 1 aromatic heterocycles. The summed E-state index contributed by atoms with van der Waals surface area (Å²) in [7, 11) is 0. The zero-order chi connectivity index (χ0) is 8.81. The summed E-state index contributed by atoms with van der Waals surface area (Å²) < 4.78 is 1.61. The highest BCUT2D eigenvalue weighted by Gasteiger charge is 1.93. The van der Waals surface area contributed by atoms with E-state index in [2.05, 4.69) is 10.0 Å². The summed E-state index contributed by atoms with van der Waals surface area (Å²) in [6, 6.07) is 0. The molecular weight excluding hydrogens is 176 g/mol. The van der Waals surface area contributed by atoms with Crippen LogP contribution in [0, 0.1) is 0 Å². The van der Waals surface area contributed by atoms with Gasteiger partial charge in [-0.25, -0.2) is 0 Å². The van der Waals surface area contributed by atoms with Crippen molar-refractivity contribution in [1.82, 2.24) is 4.57 Å². The number of hydrogen-bond donors (Lipinski definition) is 0. The van der Waals surface area contributed by atoms with Gasteiger partial charge in [-0.3, -0.25) is 4.79 Å². The van der Waals surface area contributed by atoms with E-state index in [1.165, 1.54) is 11.3 Å². The molecule has 0 fully saturated rings. The highest BCUT2D eigenvalue weighted by atomic mass is 32.1. The Balaban J connectivity index is 2.38. The molecule has 0 aliphatic rings. The lowest BCUT2D eigenvalue weighted by molar-refractivity contribution is 0.641. The maximum Gasteiger partial charge on any atom is 0.307 e. The predicted molar refractivity (Wildman–Crippen MR) is 47.2 cm³/mol. The number of azide groups is 1. The van der Waals surface area contributed by atoms with Crippen LogP contribution in [-0.4, -0.2) is 11.1 Å². The monoisotopic (exact) mass is 184 g/mol. The number of nitrogens with zero attached hydrogens (tertiary/aromatic N) is 4. The van der Waals surface area contributed by atoms with Gasteiger partial charge in [-0.1, -0.05) is 16.5 Å². The standard InChI is InChI=1S/C6H8N4OS/c7-9-8-2-1-3-10-4-5-12-6(10)11/h4-5H,1-3H2. The fourth-order valence-electron chi connectivity index (χ4n) is 0.813. The summed E-state index contributed by atoms with van der Waals surface area (Å²) in [5.74, 6) is 0. The van der Waals surface area contributed by atoms with Gasteiger partial charge in [-0.15, -0.1) is 0 Å². The molecule has 0 N–H and O–H groups in total. The number of aromatic nitrogens is 1. The second kappa shape index (κ2) is 4.58. The van der Waals surface area contributed by atoms with E-state index in [4.69, 9.17) is 5.53 Å². The fourth-order valence-corrected chi connectivity index (χ4v) is 1.42. The summed E-state index contributed by atoms with van der Waals surface area (Å²) in [5, 5.41) is 5.12. The molecule has 1 rings (SSSR count). The van der Waals surface area contributed by atoms with Gasteiger partial charge in [0.15, 0.2) is 0 Å². The smallest absolute Gasteiger partial charge is 0.306 e. The quantitative estimate of drug-likeness (QED) is 0.303. The first kappa shape index (κ1) is 8.83. The molecule has 0 unspecified atom stereocenters. The number of rotatable bonds is 4. The first-order valence-electron chi connectivity index (χ1n) is 3.49. The van der Waals surface area contributed by atoms with E-state index in [0.29, 0.717) is 19.5 Å². The normalized spacial score (nSPS) is 9.33. The van der Waals surface area contributed by atoms with Crippen LogP contribution in [0.2, 0.25) is 0 Å². The lowest BCUT2D eigenvalue weighted by atomic mass is 10.4. The van der Waals surface area contributed by atoms with Crippen molar-refractivity contribution in [3.8, 4) is 0 Å². The molecule has 0 aromatic carbocycles. The minimum Gasteiger partial charge on any atom is -0.306 e. The zero-order valence-electron chi connectivity index (χ0n) is 6.38. The summed E-state index contributed by atoms with van der Waals surface area (Å²) >= 11 is 1.17. The number of thiazole rings is 1. The Kier molecular flexibility index (Phi) is 3.37. The maximum absolute atomic E-state index is 11.0. The van der Waals surface area contributed by atoms with E-state index < -0.39 is 0 Å². The lowest BCUT2D eigenvalue weighted by Gasteiger charge is -1.96. The highest BCUT2D eigenvalue weighted by molar-refractivity contribution is 7.07. The molecular formula is C6H8N4OS. The lowest BCUT2D eigenvalue weighted by Crippen LogP contribution is -2.12. The van der Waals surface area contributed by atoms with Crippen LogP contribution in [0.1, 0.15) is 6.42 Å². The summed E-state index contributed by atoms with van der Waals surface area (Å²) in [6.45, 7) is 1.07. The molecule has 6 heteroatoms. The Labute approximate surface area is 72.9 Å². The van der Waals surface area contributed by atoms with Crippen molar-refractivity contribution in [1.29, 1.82) is 0 Å². The van der Waals surface area contributed by atoms with Gasteiger partial charge in [0.2, 0.25) is 0 Å². The largest absolute Gasteiger partial charge is 0.307 e. The third-order valence-electron chi connectivity index (χ3n) is 1.36. The average molecular weight is 184 g/mol. The van der Waals surface area contributed by atoms with Crippen LogP contribution in [0.5, 0.6) is 0 Å². The van der Waals surface area contributed by atoms with Crippen molar-refractivity contribution in [2.24, 2.45) is 5.11 Å². The molecule has 64 valence electrons. The van der Waals surface area contributed by atoms with E-state index in [-0.39, 0.29) is 4.87 Å². The maximum atomic E-state index is 11.0. The summed E-state index contributed by atoms with van der Waals surface area (Å²) in [4.78, 5) is 13.6. The van der Waals surface area contributed by atoms with E-state index >= 15 is 0 Å². The van der Waals surface area contributed by atoms with Gasteiger partial charge in [0.1, 0.15) is 0 Å². The van der Waals surface area contributed by atoms with Crippen molar-refractivity contribution in [3.05, 3.63) is 31.7 Å². The molecule has 0 bridgehead atoms. The Bertz CT molecular complexity index is 335. The van der Waals surface area contributed by atoms with Crippen molar-refractivity contribution < 1.29 is 0 Å². The van der Waals surface area contributed by atoms with Gasteiger partial charge >= 0.3 is 4.87 Å². The van der Waals surface area contributed by atoms with Crippen LogP contribution in [0.3, 0.4) is 0 Å². The van der Waals surface area contributed by atoms with Crippen molar-refractivity contribution in [2.75, 3.05) is 6.54 Å². The number of hydrogen-bond acceptors (Lipinski definition) is 3. The Morgan fingerprint density at radius 3 is 3.17 bits per heavy atom. The molecule has 0 saturated heterocycles. The molecule has 5 nitrogen and oxygen atoms in total. The third-order valence-corrected chi connectivity index (χ3v) is 2.06. The van der Waals surface area contributed by atoms with E-state index in [1.807, 2.05) is 0 Å². The summed E-state index contributed by atoms with van der Waals surface area (Å²) in [5.41, 5.74) is 7.97. The van der Waals surface area contributed by atoms with Gasteiger partial charge in [0, 0.05) is 29.6 Å². The van der Waals surface area contributed by atoms with Crippen molar-refractivity contribution in [2.45, 2.75) is 13.0 Å². The SMILES string of the molecule is [N-]=[N+]=NCCCn1ccsc1=O. The zero-order valence-corrected chi connectivity index (χ0v) is 7.20. The van der Waals surface area contributed by atoms with Crippen molar-refractivity contribution in [3.63, 3.8) is 0 Å². The van der Waals surface area contributed by atoms with Crippen LogP contribution in [-0.2, 0) is 6.54 Å². The number of aryl methyl sites for hydroxylation is 1. The topological polar surface area (TPSA) is 70.8 Å². The molecule has 0 aliphatic heterocycles. The molecule has 0 aliphatic carbocycles. The van der Waals surface area contributed by atoms with Gasteiger partial charge in [0.05, 0.1) is 0 Å². The first-order chi connectivity index (χ1) is 5.84. The summed E-state index contributed by atoms with van der Waals surface area (Å²) in [6.07, 6.45) is 2.45. The minimum absolute atomic E-state index is 0.0379. The van der Waals surface area contributed by atoms with E-state index in [0.717, 1.165) is 0 Å². The van der Waals surface area contributed by atoms with E-state index in [9.17, 15) is 4.79 Å². The van der Waals surface area contributed by atoms with Crippen LogP contribution in [0.4, 0.5) is 0 Å². The van der Waals surface area contributed by atoms with Crippen molar-refractivity contribution >= 4 is 11.3 Å². The molecule has 1 aromatic rings. The molecule has 1 heterocycles. The first-order valence-corrected chi connectivity index (χ1v) is 4.37.